The molecule has 3 amide bonds. The third-order valence-electron chi connectivity index (χ3n) is 4.87. The second-order valence-electron chi connectivity index (χ2n) is 7.80. The highest BCUT2D eigenvalue weighted by molar-refractivity contribution is 5.96. The number of amides is 3. The van der Waals surface area contributed by atoms with Crippen LogP contribution in [-0.4, -0.2) is 35.3 Å². The topological polar surface area (TPSA) is 87.7 Å². The summed E-state index contributed by atoms with van der Waals surface area (Å²) in [5, 5.41) is 0. The van der Waals surface area contributed by atoms with E-state index >= 15 is 0 Å². The molecule has 3 rings (SSSR count). The summed E-state index contributed by atoms with van der Waals surface area (Å²) in [6, 6.07) is 14.6. The largest absolute Gasteiger partial charge is 0.491 e. The zero-order valence-electron chi connectivity index (χ0n) is 17.5. The summed E-state index contributed by atoms with van der Waals surface area (Å²) < 4.78 is 5.55. The number of rotatable bonds is 6. The van der Waals surface area contributed by atoms with E-state index in [4.69, 9.17) is 4.74 Å². The van der Waals surface area contributed by atoms with Crippen LogP contribution in [0.4, 0.5) is 0 Å². The highest BCUT2D eigenvalue weighted by Crippen LogP contribution is 2.20. The molecule has 2 aromatic carbocycles. The Kier molecular flexibility index (Phi) is 6.72. The quantitative estimate of drug-likeness (QED) is 0.718. The van der Waals surface area contributed by atoms with E-state index in [0.29, 0.717) is 24.4 Å². The zero-order valence-corrected chi connectivity index (χ0v) is 17.5. The van der Waals surface area contributed by atoms with Gasteiger partial charge in [-0.25, -0.2) is 0 Å². The molecule has 1 aliphatic rings. The summed E-state index contributed by atoms with van der Waals surface area (Å²) in [5.41, 5.74) is 7.42. The van der Waals surface area contributed by atoms with Gasteiger partial charge in [0.25, 0.3) is 5.91 Å². The number of ether oxygens (including phenoxy) is 1. The smallest absolute Gasteiger partial charge is 0.269 e. The van der Waals surface area contributed by atoms with Crippen LogP contribution in [0.2, 0.25) is 0 Å². The Morgan fingerprint density at radius 1 is 1.07 bits per heavy atom. The Morgan fingerprint density at radius 3 is 2.37 bits per heavy atom. The lowest BCUT2D eigenvalue weighted by Crippen LogP contribution is -2.45. The predicted octanol–water partition coefficient (Wildman–Crippen LogP) is 2.59. The van der Waals surface area contributed by atoms with Crippen molar-refractivity contribution >= 4 is 17.7 Å². The van der Waals surface area contributed by atoms with Crippen molar-refractivity contribution in [3.05, 3.63) is 65.2 Å². The minimum absolute atomic E-state index is 0.0451. The summed E-state index contributed by atoms with van der Waals surface area (Å²) in [5.74, 6) is -0.695. The number of carbonyl (C=O) groups is 3. The van der Waals surface area contributed by atoms with Crippen molar-refractivity contribution < 1.29 is 19.1 Å². The van der Waals surface area contributed by atoms with Crippen molar-refractivity contribution in [3.8, 4) is 5.75 Å². The lowest BCUT2D eigenvalue weighted by Gasteiger charge is -2.17. The molecule has 1 aliphatic heterocycles. The number of hydrogen-bond acceptors (Lipinski definition) is 4. The van der Waals surface area contributed by atoms with E-state index in [2.05, 4.69) is 10.9 Å². The van der Waals surface area contributed by atoms with Gasteiger partial charge >= 0.3 is 0 Å². The van der Waals surface area contributed by atoms with Gasteiger partial charge in [0.05, 0.1) is 12.0 Å². The van der Waals surface area contributed by atoms with Crippen LogP contribution in [0.15, 0.2) is 48.5 Å². The van der Waals surface area contributed by atoms with Crippen molar-refractivity contribution in [3.63, 3.8) is 0 Å². The molecule has 0 radical (unpaired) electrons. The Balaban J connectivity index is 1.49. The van der Waals surface area contributed by atoms with Crippen LogP contribution in [-0.2, 0) is 16.1 Å². The zero-order chi connectivity index (χ0) is 21.7. The molecule has 7 heteroatoms. The van der Waals surface area contributed by atoms with Gasteiger partial charge in [-0.1, -0.05) is 29.8 Å². The van der Waals surface area contributed by atoms with Crippen LogP contribution in [0, 0.1) is 12.8 Å². The molecule has 1 saturated heterocycles. The molecule has 0 aromatic heterocycles. The van der Waals surface area contributed by atoms with Crippen molar-refractivity contribution in [1.29, 1.82) is 0 Å². The van der Waals surface area contributed by atoms with E-state index in [0.717, 1.165) is 11.1 Å². The SMILES string of the molecule is Cc1ccc(CN2C[C@H](C(=O)NNC(=O)c3ccc(OC(C)C)cc3)CC2=O)cc1. The average Bonchev–Trinajstić information content (AvgIpc) is 3.08. The van der Waals surface area contributed by atoms with Crippen LogP contribution in [0.25, 0.3) is 0 Å². The normalized spacial score (nSPS) is 15.9. The fraction of sp³-hybridized carbons (Fsp3) is 0.348. The van der Waals surface area contributed by atoms with Crippen LogP contribution in [0.1, 0.15) is 41.8 Å². The fourth-order valence-electron chi connectivity index (χ4n) is 3.26. The molecule has 158 valence electrons. The fourth-order valence-corrected chi connectivity index (χ4v) is 3.26. The number of hydrazine groups is 1. The van der Waals surface area contributed by atoms with E-state index in [1.807, 2.05) is 45.0 Å². The minimum Gasteiger partial charge on any atom is -0.491 e. The second-order valence-corrected chi connectivity index (χ2v) is 7.80. The lowest BCUT2D eigenvalue weighted by atomic mass is 10.1. The second kappa shape index (κ2) is 9.43. The van der Waals surface area contributed by atoms with Gasteiger partial charge in [-0.2, -0.15) is 0 Å². The standard InChI is InChI=1S/C23H27N3O4/c1-15(2)30-20-10-8-18(9-11-20)22(28)24-25-23(29)19-12-21(27)26(14-19)13-17-6-4-16(3)5-7-17/h4-11,15,19H,12-14H2,1-3H3,(H,24,28)(H,25,29)/t19-/m1/s1. The molecule has 7 nitrogen and oxygen atoms in total. The van der Waals surface area contributed by atoms with E-state index in [1.54, 1.807) is 29.2 Å². The maximum atomic E-state index is 12.4. The number of nitrogens with zero attached hydrogens (tertiary/aromatic N) is 1. The van der Waals surface area contributed by atoms with Crippen molar-refractivity contribution in [2.24, 2.45) is 5.92 Å². The number of carbonyl (C=O) groups excluding carboxylic acids is 3. The molecule has 0 spiro atoms. The number of aryl methyl sites for hydroxylation is 1. The maximum Gasteiger partial charge on any atom is 0.269 e. The summed E-state index contributed by atoms with van der Waals surface area (Å²) in [6.45, 7) is 6.65. The molecule has 0 saturated carbocycles. The minimum atomic E-state index is -0.495. The summed E-state index contributed by atoms with van der Waals surface area (Å²) in [7, 11) is 0. The summed E-state index contributed by atoms with van der Waals surface area (Å²) in [6.07, 6.45) is 0.179. The molecule has 1 atom stereocenters. The highest BCUT2D eigenvalue weighted by Gasteiger charge is 2.34. The third-order valence-corrected chi connectivity index (χ3v) is 4.87. The lowest BCUT2D eigenvalue weighted by molar-refractivity contribution is -0.129. The molecule has 1 fully saturated rings. The molecular weight excluding hydrogens is 382 g/mol. The van der Waals surface area contributed by atoms with Crippen molar-refractivity contribution in [2.45, 2.75) is 39.8 Å². The summed E-state index contributed by atoms with van der Waals surface area (Å²) in [4.78, 5) is 38.6. The average molecular weight is 409 g/mol. The van der Waals surface area contributed by atoms with Crippen LogP contribution >= 0.6 is 0 Å². The first-order chi connectivity index (χ1) is 14.3. The first-order valence-corrected chi connectivity index (χ1v) is 10.0. The first-order valence-electron chi connectivity index (χ1n) is 10.0. The molecule has 0 aliphatic carbocycles. The van der Waals surface area contributed by atoms with E-state index in [1.165, 1.54) is 0 Å². The Bertz CT molecular complexity index is 907. The first kappa shape index (κ1) is 21.4. The number of benzene rings is 2. The van der Waals surface area contributed by atoms with Gasteiger partial charge in [0.15, 0.2) is 0 Å². The Hall–Kier alpha value is -3.35. The summed E-state index contributed by atoms with van der Waals surface area (Å²) >= 11 is 0. The van der Waals surface area contributed by atoms with E-state index < -0.39 is 11.8 Å². The molecule has 0 bridgehead atoms. The predicted molar refractivity (Wildman–Crippen MR) is 113 cm³/mol. The molecule has 2 N–H and O–H groups in total. The molecular formula is C23H27N3O4. The Labute approximate surface area is 176 Å². The molecule has 2 aromatic rings. The number of likely N-dealkylation sites (tertiary alicyclic amines) is 1. The maximum absolute atomic E-state index is 12.4. The van der Waals surface area contributed by atoms with Gasteiger partial charge in [-0.05, 0) is 50.6 Å². The molecule has 1 heterocycles. The van der Waals surface area contributed by atoms with Gasteiger partial charge in [-0.3, -0.25) is 25.2 Å². The van der Waals surface area contributed by atoms with Gasteiger partial charge in [-0.15, -0.1) is 0 Å². The number of nitrogens with one attached hydrogen (secondary N) is 2. The van der Waals surface area contributed by atoms with Crippen LogP contribution in [0.5, 0.6) is 5.75 Å². The van der Waals surface area contributed by atoms with Crippen LogP contribution < -0.4 is 15.6 Å². The molecule has 30 heavy (non-hydrogen) atoms. The third kappa shape index (κ3) is 5.59. The van der Waals surface area contributed by atoms with E-state index in [-0.39, 0.29) is 24.3 Å². The van der Waals surface area contributed by atoms with E-state index in [9.17, 15) is 14.4 Å². The monoisotopic (exact) mass is 409 g/mol. The van der Waals surface area contributed by atoms with Gasteiger partial charge < -0.3 is 9.64 Å². The highest BCUT2D eigenvalue weighted by atomic mass is 16.5. The van der Waals surface area contributed by atoms with Gasteiger partial charge in [0.1, 0.15) is 5.75 Å². The van der Waals surface area contributed by atoms with Crippen molar-refractivity contribution in [2.75, 3.05) is 6.54 Å². The van der Waals surface area contributed by atoms with Gasteiger partial charge in [0.2, 0.25) is 11.8 Å². The molecule has 0 unspecified atom stereocenters. The van der Waals surface area contributed by atoms with Gasteiger partial charge in [0, 0.05) is 25.1 Å². The van der Waals surface area contributed by atoms with Crippen molar-refractivity contribution in [1.82, 2.24) is 15.8 Å². The Morgan fingerprint density at radius 2 is 1.73 bits per heavy atom. The van der Waals surface area contributed by atoms with Crippen LogP contribution in [0.3, 0.4) is 0 Å². The number of hydrogen-bond donors (Lipinski definition) is 2.